The summed E-state index contributed by atoms with van der Waals surface area (Å²) >= 11 is 12.3. The average Bonchev–Trinajstić information content (AvgIpc) is 3.03. The summed E-state index contributed by atoms with van der Waals surface area (Å²) in [4.78, 5) is 4.12. The Labute approximate surface area is 140 Å². The van der Waals surface area contributed by atoms with Crippen molar-refractivity contribution in [3.05, 3.63) is 88.4 Å². The van der Waals surface area contributed by atoms with Crippen LogP contribution >= 0.6 is 23.2 Å². The molecule has 0 spiro atoms. The average molecular weight is 331 g/mol. The number of benzene rings is 2. The lowest BCUT2D eigenvalue weighted by Crippen LogP contribution is -2.11. The Morgan fingerprint density at radius 2 is 1.77 bits per heavy atom. The molecule has 2 aromatic carbocycles. The normalized spacial score (nSPS) is 12.3. The van der Waals surface area contributed by atoms with Crippen LogP contribution in [0, 0.1) is 0 Å². The second-order valence-corrected chi connectivity index (χ2v) is 6.15. The fourth-order valence-electron chi connectivity index (χ4n) is 2.60. The first kappa shape index (κ1) is 15.1. The molecule has 0 radical (unpaired) electrons. The fraction of sp³-hybridized carbons (Fsp3) is 0.167. The lowest BCUT2D eigenvalue weighted by Gasteiger charge is -2.19. The van der Waals surface area contributed by atoms with Gasteiger partial charge >= 0.3 is 0 Å². The van der Waals surface area contributed by atoms with Crippen molar-refractivity contribution in [2.75, 3.05) is 0 Å². The Bertz CT molecular complexity index is 721. The highest BCUT2D eigenvalue weighted by atomic mass is 35.5. The van der Waals surface area contributed by atoms with Crippen molar-refractivity contribution >= 4 is 23.2 Å². The van der Waals surface area contributed by atoms with Crippen molar-refractivity contribution in [1.82, 2.24) is 9.55 Å². The predicted octanol–water partition coefficient (Wildman–Crippen LogP) is 5.22. The third-order valence-electron chi connectivity index (χ3n) is 3.76. The Hall–Kier alpha value is -1.77. The topological polar surface area (TPSA) is 17.8 Å². The van der Waals surface area contributed by atoms with E-state index in [-0.39, 0.29) is 0 Å². The van der Waals surface area contributed by atoms with E-state index in [4.69, 9.17) is 23.2 Å². The van der Waals surface area contributed by atoms with Crippen molar-refractivity contribution < 1.29 is 0 Å². The first-order valence-corrected chi connectivity index (χ1v) is 7.92. The molecule has 0 aliphatic carbocycles. The van der Waals surface area contributed by atoms with Gasteiger partial charge < -0.3 is 4.57 Å². The maximum absolute atomic E-state index is 6.32. The van der Waals surface area contributed by atoms with Crippen LogP contribution in [-0.2, 0) is 13.0 Å². The molecule has 22 heavy (non-hydrogen) atoms. The summed E-state index contributed by atoms with van der Waals surface area (Å²) in [6, 6.07) is 16.0. The summed E-state index contributed by atoms with van der Waals surface area (Å²) < 4.78 is 2.09. The minimum Gasteiger partial charge on any atom is -0.337 e. The molecule has 1 unspecified atom stereocenters. The quantitative estimate of drug-likeness (QED) is 0.627. The van der Waals surface area contributed by atoms with Crippen LogP contribution in [0.2, 0.25) is 10.0 Å². The van der Waals surface area contributed by atoms with Gasteiger partial charge in [-0.15, -0.1) is 0 Å². The molecule has 3 rings (SSSR count). The number of halogens is 2. The van der Waals surface area contributed by atoms with E-state index in [1.165, 1.54) is 5.56 Å². The smallest absolute Gasteiger partial charge is 0.0946 e. The van der Waals surface area contributed by atoms with Gasteiger partial charge in [0.1, 0.15) is 0 Å². The largest absolute Gasteiger partial charge is 0.337 e. The number of imidazole rings is 1. The van der Waals surface area contributed by atoms with Crippen LogP contribution < -0.4 is 0 Å². The van der Waals surface area contributed by atoms with E-state index in [2.05, 4.69) is 27.8 Å². The molecule has 0 N–H and O–H groups in total. The monoisotopic (exact) mass is 330 g/mol. The summed E-state index contributed by atoms with van der Waals surface area (Å²) in [5, 5.41) is 1.56. The highest BCUT2D eigenvalue weighted by Gasteiger charge is 2.15. The molecule has 2 nitrogen and oxygen atoms in total. The van der Waals surface area contributed by atoms with E-state index in [0.29, 0.717) is 5.92 Å². The van der Waals surface area contributed by atoms with Gasteiger partial charge in [-0.2, -0.15) is 0 Å². The molecule has 0 fully saturated rings. The summed E-state index contributed by atoms with van der Waals surface area (Å²) in [6.07, 6.45) is 6.50. The summed E-state index contributed by atoms with van der Waals surface area (Å²) in [5.41, 5.74) is 2.40. The van der Waals surface area contributed by atoms with E-state index >= 15 is 0 Å². The van der Waals surface area contributed by atoms with Crippen molar-refractivity contribution in [1.29, 1.82) is 0 Å². The van der Waals surface area contributed by atoms with Crippen molar-refractivity contribution in [2.24, 2.45) is 0 Å². The van der Waals surface area contributed by atoms with E-state index in [1.807, 2.05) is 42.9 Å². The zero-order valence-corrected chi connectivity index (χ0v) is 13.5. The minimum absolute atomic E-state index is 0.311. The summed E-state index contributed by atoms with van der Waals surface area (Å²) in [7, 11) is 0. The van der Waals surface area contributed by atoms with Gasteiger partial charge in [0.25, 0.3) is 0 Å². The second-order valence-electron chi connectivity index (χ2n) is 5.30. The van der Waals surface area contributed by atoms with Gasteiger partial charge in [-0.1, -0.05) is 53.5 Å². The molecule has 0 amide bonds. The minimum atomic E-state index is 0.311. The molecule has 0 aliphatic heterocycles. The van der Waals surface area contributed by atoms with Crippen molar-refractivity contribution in [3.63, 3.8) is 0 Å². The van der Waals surface area contributed by atoms with E-state index in [9.17, 15) is 0 Å². The number of aromatic nitrogens is 2. The second kappa shape index (κ2) is 6.99. The molecule has 1 atom stereocenters. The Morgan fingerprint density at radius 3 is 2.45 bits per heavy atom. The molecule has 0 aliphatic rings. The van der Waals surface area contributed by atoms with E-state index in [0.717, 1.165) is 28.6 Å². The molecule has 0 bridgehead atoms. The van der Waals surface area contributed by atoms with Crippen LogP contribution in [0.15, 0.2) is 67.3 Å². The molecular weight excluding hydrogens is 315 g/mol. The number of rotatable bonds is 5. The SMILES string of the molecule is Clc1ccc(C(Cc2ccccc2Cl)Cn2ccnc2)cc1. The van der Waals surface area contributed by atoms with Crippen LogP contribution in [0.3, 0.4) is 0 Å². The Morgan fingerprint density at radius 1 is 1.00 bits per heavy atom. The lowest BCUT2D eigenvalue weighted by atomic mass is 9.92. The van der Waals surface area contributed by atoms with Crippen molar-refractivity contribution in [2.45, 2.75) is 18.9 Å². The first-order chi connectivity index (χ1) is 10.7. The number of nitrogens with zero attached hydrogens (tertiary/aromatic N) is 2. The zero-order chi connectivity index (χ0) is 15.4. The molecule has 1 aromatic heterocycles. The molecule has 0 saturated heterocycles. The van der Waals surface area contributed by atoms with Crippen LogP contribution in [0.5, 0.6) is 0 Å². The standard InChI is InChI=1S/C18H16Cl2N2/c19-17-7-5-14(6-8-17)16(12-22-10-9-21-13-22)11-15-3-1-2-4-18(15)20/h1-10,13,16H,11-12H2. The Kier molecular flexibility index (Phi) is 4.81. The summed E-state index contributed by atoms with van der Waals surface area (Å²) in [6.45, 7) is 0.854. The summed E-state index contributed by atoms with van der Waals surface area (Å²) in [5.74, 6) is 0.311. The van der Waals surface area contributed by atoms with Gasteiger partial charge in [0.05, 0.1) is 6.33 Å². The van der Waals surface area contributed by atoms with Gasteiger partial charge in [-0.05, 0) is 35.7 Å². The zero-order valence-electron chi connectivity index (χ0n) is 12.0. The van der Waals surface area contributed by atoms with Crippen LogP contribution in [0.1, 0.15) is 17.0 Å². The Balaban J connectivity index is 1.88. The van der Waals surface area contributed by atoms with Crippen LogP contribution in [0.4, 0.5) is 0 Å². The van der Waals surface area contributed by atoms with Crippen LogP contribution in [-0.4, -0.2) is 9.55 Å². The van der Waals surface area contributed by atoms with Gasteiger partial charge in [-0.25, -0.2) is 4.98 Å². The van der Waals surface area contributed by atoms with Crippen LogP contribution in [0.25, 0.3) is 0 Å². The predicted molar refractivity (Wildman–Crippen MR) is 91.6 cm³/mol. The van der Waals surface area contributed by atoms with E-state index < -0.39 is 0 Å². The van der Waals surface area contributed by atoms with Crippen molar-refractivity contribution in [3.8, 4) is 0 Å². The lowest BCUT2D eigenvalue weighted by molar-refractivity contribution is 0.556. The molecule has 4 heteroatoms. The maximum atomic E-state index is 6.32. The number of hydrogen-bond donors (Lipinski definition) is 0. The molecular formula is C18H16Cl2N2. The van der Waals surface area contributed by atoms with E-state index in [1.54, 1.807) is 6.20 Å². The number of hydrogen-bond acceptors (Lipinski definition) is 1. The first-order valence-electron chi connectivity index (χ1n) is 7.17. The van der Waals surface area contributed by atoms with Gasteiger partial charge in [0.15, 0.2) is 0 Å². The third-order valence-corrected chi connectivity index (χ3v) is 4.38. The van der Waals surface area contributed by atoms with Gasteiger partial charge in [0.2, 0.25) is 0 Å². The molecule has 112 valence electrons. The molecule has 0 saturated carbocycles. The van der Waals surface area contributed by atoms with Gasteiger partial charge in [0, 0.05) is 34.9 Å². The highest BCUT2D eigenvalue weighted by Crippen LogP contribution is 2.27. The fourth-order valence-corrected chi connectivity index (χ4v) is 2.94. The molecule has 3 aromatic rings. The van der Waals surface area contributed by atoms with Gasteiger partial charge in [-0.3, -0.25) is 0 Å². The maximum Gasteiger partial charge on any atom is 0.0946 e. The molecule has 1 heterocycles. The highest BCUT2D eigenvalue weighted by molar-refractivity contribution is 6.31. The third kappa shape index (κ3) is 3.70.